The van der Waals surface area contributed by atoms with E-state index < -0.39 is 0 Å². The molecule has 2 heterocycles. The average molecular weight is 381 g/mol. The van der Waals surface area contributed by atoms with Crippen molar-refractivity contribution >= 4 is 11.6 Å². The van der Waals surface area contributed by atoms with E-state index in [2.05, 4.69) is 9.80 Å². The molecule has 158 valence electrons. The van der Waals surface area contributed by atoms with Gasteiger partial charge in [0.25, 0.3) is 0 Å². The second kappa shape index (κ2) is 14.3. The van der Waals surface area contributed by atoms with E-state index in [0.717, 1.165) is 25.9 Å². The number of rotatable bonds is 9. The molecule has 0 radical (unpaired) electrons. The summed E-state index contributed by atoms with van der Waals surface area (Å²) in [5, 5.41) is 0. The lowest BCUT2D eigenvalue weighted by Crippen LogP contribution is -2.35. The first-order valence-electron chi connectivity index (χ1n) is 11.4. The number of unbranched alkanes of at least 4 members (excludes halogenated alkanes) is 1. The van der Waals surface area contributed by atoms with Crippen LogP contribution in [0.15, 0.2) is 0 Å². The molecule has 2 rings (SSSR count). The molecule has 0 amide bonds. The number of hydrogen-bond acceptors (Lipinski definition) is 4. The zero-order chi connectivity index (χ0) is 20.1. The average Bonchev–Trinajstić information content (AvgIpc) is 2.67. The maximum Gasteiger partial charge on any atom is 0.149 e. The number of likely N-dealkylation sites (tertiary alicyclic amines) is 2. The summed E-state index contributed by atoms with van der Waals surface area (Å²) in [6.45, 7) is 14.6. The quantitative estimate of drug-likeness (QED) is 0.550. The monoisotopic (exact) mass is 380 g/mol. The molecule has 2 saturated heterocycles. The van der Waals surface area contributed by atoms with Gasteiger partial charge >= 0.3 is 0 Å². The lowest BCUT2D eigenvalue weighted by atomic mass is 10.0. The number of nitrogens with zero attached hydrogens (tertiary/aromatic N) is 2. The second-order valence-corrected chi connectivity index (χ2v) is 8.94. The molecule has 0 saturated carbocycles. The Kier molecular flexibility index (Phi) is 12.9. The maximum absolute atomic E-state index is 11.4. The third-order valence-electron chi connectivity index (χ3n) is 5.71. The Morgan fingerprint density at radius 1 is 0.667 bits per heavy atom. The Balaban J connectivity index is 0.000000277. The number of carbonyl (C=O) groups is 2. The minimum atomic E-state index is 0.201. The van der Waals surface area contributed by atoms with Gasteiger partial charge in [0.2, 0.25) is 0 Å². The van der Waals surface area contributed by atoms with Gasteiger partial charge in [-0.25, -0.2) is 0 Å². The number of piperidine rings is 2. The van der Waals surface area contributed by atoms with Crippen LogP contribution in [0.1, 0.15) is 85.5 Å². The van der Waals surface area contributed by atoms with Gasteiger partial charge in [-0.2, -0.15) is 0 Å². The highest BCUT2D eigenvalue weighted by Gasteiger charge is 2.15. The molecule has 0 aromatic rings. The van der Waals surface area contributed by atoms with Gasteiger partial charge in [-0.3, -0.25) is 14.5 Å². The highest BCUT2D eigenvalue weighted by atomic mass is 16.1. The molecule has 27 heavy (non-hydrogen) atoms. The fourth-order valence-electron chi connectivity index (χ4n) is 3.63. The summed E-state index contributed by atoms with van der Waals surface area (Å²) in [5.41, 5.74) is 0. The van der Waals surface area contributed by atoms with Crippen LogP contribution in [-0.2, 0) is 9.59 Å². The van der Waals surface area contributed by atoms with E-state index in [4.69, 9.17) is 0 Å². The smallest absolute Gasteiger partial charge is 0.149 e. The molecule has 2 aliphatic rings. The lowest BCUT2D eigenvalue weighted by Gasteiger charge is -2.26. The molecule has 2 aliphatic heterocycles. The van der Waals surface area contributed by atoms with Gasteiger partial charge in [-0.1, -0.05) is 40.5 Å². The van der Waals surface area contributed by atoms with Crippen LogP contribution >= 0.6 is 0 Å². The number of Topliss-reactive ketones (excluding diaryl/α,β-unsaturated/α-hetero) is 2. The summed E-state index contributed by atoms with van der Waals surface area (Å²) >= 11 is 0. The predicted octanol–water partition coefficient (Wildman–Crippen LogP) is 4.57. The maximum atomic E-state index is 11.4. The van der Waals surface area contributed by atoms with Crippen molar-refractivity contribution in [3.63, 3.8) is 0 Å². The molecule has 0 spiro atoms. The number of ketones is 2. The van der Waals surface area contributed by atoms with E-state index in [1.54, 1.807) is 0 Å². The Labute approximate surface area is 168 Å². The van der Waals surface area contributed by atoms with Crippen molar-refractivity contribution in [2.75, 3.05) is 39.3 Å². The van der Waals surface area contributed by atoms with Crippen LogP contribution in [0, 0.1) is 11.8 Å². The Morgan fingerprint density at radius 3 is 1.63 bits per heavy atom. The molecule has 2 fully saturated rings. The Hall–Kier alpha value is -0.740. The van der Waals surface area contributed by atoms with Crippen molar-refractivity contribution in [3.05, 3.63) is 0 Å². The molecule has 0 atom stereocenters. The molecule has 0 unspecified atom stereocenters. The molecule has 0 N–H and O–H groups in total. The van der Waals surface area contributed by atoms with Crippen LogP contribution < -0.4 is 0 Å². The molecule has 0 aromatic heterocycles. The second-order valence-electron chi connectivity index (χ2n) is 8.94. The van der Waals surface area contributed by atoms with Crippen molar-refractivity contribution in [1.82, 2.24) is 9.80 Å². The van der Waals surface area contributed by atoms with Crippen LogP contribution in [0.25, 0.3) is 0 Å². The highest BCUT2D eigenvalue weighted by Crippen LogP contribution is 2.11. The number of carbonyl (C=O) groups excluding carboxylic acids is 2. The summed E-state index contributed by atoms with van der Waals surface area (Å²) in [6.07, 6.45) is 11.1. The highest BCUT2D eigenvalue weighted by molar-refractivity contribution is 5.82. The van der Waals surface area contributed by atoms with Gasteiger partial charge in [-0.15, -0.1) is 0 Å². The summed E-state index contributed by atoms with van der Waals surface area (Å²) < 4.78 is 0. The van der Waals surface area contributed by atoms with Crippen molar-refractivity contribution in [2.45, 2.75) is 85.5 Å². The zero-order valence-corrected chi connectivity index (χ0v) is 18.5. The third kappa shape index (κ3) is 11.6. The Morgan fingerprint density at radius 2 is 1.15 bits per heavy atom. The van der Waals surface area contributed by atoms with Crippen LogP contribution in [0.2, 0.25) is 0 Å². The first-order chi connectivity index (χ1) is 12.9. The standard InChI is InChI=1S/C13H25NO.C10H19NO/c1-12(2)13(15)8-4-7-11-14-9-5-3-6-10-14;1-9(2)10(12)8-11-6-4-3-5-7-11/h12H,3-11H2,1-2H3;9H,3-8H2,1-2H3. The van der Waals surface area contributed by atoms with E-state index in [9.17, 15) is 9.59 Å². The minimum absolute atomic E-state index is 0.201. The van der Waals surface area contributed by atoms with E-state index in [0.29, 0.717) is 18.1 Å². The summed E-state index contributed by atoms with van der Waals surface area (Å²) in [7, 11) is 0. The van der Waals surface area contributed by atoms with E-state index in [-0.39, 0.29) is 11.8 Å². The molecule has 0 aliphatic carbocycles. The molecular formula is C23H44N2O2. The molecule has 0 bridgehead atoms. The topological polar surface area (TPSA) is 40.6 Å². The van der Waals surface area contributed by atoms with Crippen molar-refractivity contribution in [2.24, 2.45) is 11.8 Å². The van der Waals surface area contributed by atoms with Gasteiger partial charge < -0.3 is 4.90 Å². The van der Waals surface area contributed by atoms with E-state index in [1.807, 2.05) is 27.7 Å². The molecule has 0 aromatic carbocycles. The fraction of sp³-hybridized carbons (Fsp3) is 0.913. The van der Waals surface area contributed by atoms with Gasteiger partial charge in [0.05, 0.1) is 6.54 Å². The van der Waals surface area contributed by atoms with Gasteiger partial charge in [-0.05, 0) is 71.2 Å². The molecular weight excluding hydrogens is 336 g/mol. The van der Waals surface area contributed by atoms with Gasteiger partial charge in [0.15, 0.2) is 0 Å². The van der Waals surface area contributed by atoms with Gasteiger partial charge in [0, 0.05) is 18.3 Å². The van der Waals surface area contributed by atoms with Crippen molar-refractivity contribution in [1.29, 1.82) is 0 Å². The Bertz CT molecular complexity index is 409. The fourth-order valence-corrected chi connectivity index (χ4v) is 3.63. The van der Waals surface area contributed by atoms with E-state index in [1.165, 1.54) is 64.6 Å². The summed E-state index contributed by atoms with van der Waals surface area (Å²) in [4.78, 5) is 27.6. The van der Waals surface area contributed by atoms with Crippen LogP contribution in [0.4, 0.5) is 0 Å². The van der Waals surface area contributed by atoms with E-state index >= 15 is 0 Å². The SMILES string of the molecule is CC(C)C(=O)CCCCN1CCCCC1.CC(C)C(=O)CN1CCCCC1. The van der Waals surface area contributed by atoms with Crippen molar-refractivity contribution in [3.8, 4) is 0 Å². The minimum Gasteiger partial charge on any atom is -0.303 e. The van der Waals surface area contributed by atoms with Crippen LogP contribution in [-0.4, -0.2) is 60.6 Å². The molecule has 4 nitrogen and oxygen atoms in total. The lowest BCUT2D eigenvalue weighted by molar-refractivity contribution is -0.123. The zero-order valence-electron chi connectivity index (χ0n) is 18.5. The normalized spacial score (nSPS) is 19.0. The van der Waals surface area contributed by atoms with Crippen molar-refractivity contribution < 1.29 is 9.59 Å². The molecule has 4 heteroatoms. The predicted molar refractivity (Wildman–Crippen MR) is 114 cm³/mol. The first kappa shape index (κ1) is 24.3. The van der Waals surface area contributed by atoms with Gasteiger partial charge in [0.1, 0.15) is 11.6 Å². The third-order valence-corrected chi connectivity index (χ3v) is 5.71. The summed E-state index contributed by atoms with van der Waals surface area (Å²) in [6, 6.07) is 0. The summed E-state index contributed by atoms with van der Waals surface area (Å²) in [5.74, 6) is 1.23. The largest absolute Gasteiger partial charge is 0.303 e. The first-order valence-corrected chi connectivity index (χ1v) is 11.4. The number of hydrogen-bond donors (Lipinski definition) is 0. The van der Waals surface area contributed by atoms with Crippen LogP contribution in [0.3, 0.4) is 0 Å². The van der Waals surface area contributed by atoms with Crippen LogP contribution in [0.5, 0.6) is 0 Å².